The van der Waals surface area contributed by atoms with Crippen molar-refractivity contribution >= 4 is 6.21 Å². The van der Waals surface area contributed by atoms with Gasteiger partial charge in [0.05, 0.1) is 17.1 Å². The lowest BCUT2D eigenvalue weighted by atomic mass is 9.74. The van der Waals surface area contributed by atoms with E-state index in [4.69, 9.17) is 4.74 Å². The Morgan fingerprint density at radius 2 is 2.19 bits per heavy atom. The topological polar surface area (TPSA) is 68.4 Å². The van der Waals surface area contributed by atoms with Crippen molar-refractivity contribution in [3.8, 4) is 0 Å². The van der Waals surface area contributed by atoms with Crippen molar-refractivity contribution in [3.05, 3.63) is 41.2 Å². The van der Waals surface area contributed by atoms with Gasteiger partial charge in [-0.3, -0.25) is 9.99 Å². The van der Waals surface area contributed by atoms with Gasteiger partial charge < -0.3 is 4.74 Å². The van der Waals surface area contributed by atoms with Crippen molar-refractivity contribution in [1.29, 1.82) is 0 Å². The average molecular weight is 372 g/mol. The van der Waals surface area contributed by atoms with E-state index in [1.807, 2.05) is 32.2 Å². The second-order valence-electron chi connectivity index (χ2n) is 7.49. The van der Waals surface area contributed by atoms with Crippen LogP contribution in [0.1, 0.15) is 41.9 Å². The Labute approximate surface area is 158 Å². The number of hydrogen-bond donors (Lipinski definition) is 0. The van der Waals surface area contributed by atoms with Crippen LogP contribution in [0.25, 0.3) is 0 Å². The standard InChI is InChI=1S/C19H25FN6O/c1-12-19(26(3)24-23-12)16-9-13(6-8-27-16)17(14-10-22-25(2)11-14)18-15(20)5-4-7-21-18/h4-5,7,10,13-14,16-17H,6,8-9,11H2,1-3H3. The highest BCUT2D eigenvalue weighted by atomic mass is 19.1. The van der Waals surface area contributed by atoms with Crippen LogP contribution in [-0.4, -0.2) is 51.4 Å². The van der Waals surface area contributed by atoms with Gasteiger partial charge in [-0.25, -0.2) is 9.07 Å². The minimum atomic E-state index is -0.244. The Morgan fingerprint density at radius 3 is 2.85 bits per heavy atom. The molecule has 144 valence electrons. The van der Waals surface area contributed by atoms with Crippen LogP contribution in [0.15, 0.2) is 23.4 Å². The van der Waals surface area contributed by atoms with E-state index >= 15 is 0 Å². The number of nitrogens with zero attached hydrogens (tertiary/aromatic N) is 6. The number of halogens is 1. The highest BCUT2D eigenvalue weighted by Gasteiger charge is 2.39. The van der Waals surface area contributed by atoms with Crippen molar-refractivity contribution < 1.29 is 9.13 Å². The van der Waals surface area contributed by atoms with Gasteiger partial charge in [0.25, 0.3) is 0 Å². The Morgan fingerprint density at radius 1 is 1.33 bits per heavy atom. The van der Waals surface area contributed by atoms with Gasteiger partial charge in [0.1, 0.15) is 11.9 Å². The van der Waals surface area contributed by atoms with E-state index in [0.29, 0.717) is 12.3 Å². The number of hydrazone groups is 1. The molecule has 0 bridgehead atoms. The summed E-state index contributed by atoms with van der Waals surface area (Å²) >= 11 is 0. The molecule has 4 rings (SSSR count). The molecular formula is C19H25FN6O. The van der Waals surface area contributed by atoms with E-state index in [1.165, 1.54) is 6.07 Å². The fourth-order valence-electron chi connectivity index (χ4n) is 4.47. The third-order valence-electron chi connectivity index (χ3n) is 5.68. The van der Waals surface area contributed by atoms with Crippen LogP contribution in [0.4, 0.5) is 4.39 Å². The lowest BCUT2D eigenvalue weighted by molar-refractivity contribution is -0.0241. The lowest BCUT2D eigenvalue weighted by Gasteiger charge is -2.36. The van der Waals surface area contributed by atoms with E-state index in [1.54, 1.807) is 16.9 Å². The highest BCUT2D eigenvalue weighted by Crippen LogP contribution is 2.43. The number of hydrogen-bond acceptors (Lipinski definition) is 6. The summed E-state index contributed by atoms with van der Waals surface area (Å²) in [4.78, 5) is 4.42. The first-order valence-electron chi connectivity index (χ1n) is 9.38. The molecule has 4 atom stereocenters. The van der Waals surface area contributed by atoms with Crippen LogP contribution in [0.5, 0.6) is 0 Å². The second-order valence-corrected chi connectivity index (χ2v) is 7.49. The van der Waals surface area contributed by atoms with Gasteiger partial charge in [-0.15, -0.1) is 5.10 Å². The van der Waals surface area contributed by atoms with E-state index in [2.05, 4.69) is 20.4 Å². The molecule has 4 heterocycles. The lowest BCUT2D eigenvalue weighted by Crippen LogP contribution is -2.33. The molecule has 0 aliphatic carbocycles. The van der Waals surface area contributed by atoms with E-state index in [9.17, 15) is 4.39 Å². The third kappa shape index (κ3) is 3.45. The van der Waals surface area contributed by atoms with E-state index < -0.39 is 0 Å². The Bertz CT molecular complexity index is 818. The molecule has 0 radical (unpaired) electrons. The molecular weight excluding hydrogens is 347 g/mol. The summed E-state index contributed by atoms with van der Waals surface area (Å²) in [6.45, 7) is 3.35. The van der Waals surface area contributed by atoms with Crippen molar-refractivity contribution in [2.75, 3.05) is 20.2 Å². The molecule has 0 amide bonds. The van der Waals surface area contributed by atoms with Gasteiger partial charge in [-0.2, -0.15) is 5.10 Å². The molecule has 1 fully saturated rings. The Kier molecular flexibility index (Phi) is 4.90. The van der Waals surface area contributed by atoms with Crippen LogP contribution >= 0.6 is 0 Å². The molecule has 2 aromatic heterocycles. The predicted molar refractivity (Wildman–Crippen MR) is 98.7 cm³/mol. The summed E-state index contributed by atoms with van der Waals surface area (Å²) in [5.41, 5.74) is 2.41. The number of ether oxygens (including phenoxy) is 1. The molecule has 2 aliphatic heterocycles. The fourth-order valence-corrected chi connectivity index (χ4v) is 4.47. The zero-order valence-corrected chi connectivity index (χ0v) is 15.9. The van der Waals surface area contributed by atoms with Crippen LogP contribution in [0, 0.1) is 24.6 Å². The summed E-state index contributed by atoms with van der Waals surface area (Å²) in [5.74, 6) is 0.0963. The molecule has 27 heavy (non-hydrogen) atoms. The zero-order chi connectivity index (χ0) is 19.0. The molecule has 0 N–H and O–H groups in total. The Balaban J connectivity index is 1.66. The summed E-state index contributed by atoms with van der Waals surface area (Å²) < 4.78 is 22.5. The Hall–Kier alpha value is -2.35. The number of aryl methyl sites for hydroxylation is 2. The molecule has 7 nitrogen and oxygen atoms in total. The first-order chi connectivity index (χ1) is 13.0. The summed E-state index contributed by atoms with van der Waals surface area (Å²) in [6.07, 6.45) is 5.19. The van der Waals surface area contributed by atoms with Crippen molar-refractivity contribution in [2.45, 2.75) is 31.8 Å². The molecule has 0 saturated carbocycles. The first kappa shape index (κ1) is 18.0. The second kappa shape index (κ2) is 7.34. The van der Waals surface area contributed by atoms with Gasteiger partial charge in [0.2, 0.25) is 0 Å². The van der Waals surface area contributed by atoms with Crippen molar-refractivity contribution in [3.63, 3.8) is 0 Å². The maximum Gasteiger partial charge on any atom is 0.145 e. The monoisotopic (exact) mass is 372 g/mol. The summed E-state index contributed by atoms with van der Waals surface area (Å²) in [6, 6.07) is 3.14. The summed E-state index contributed by atoms with van der Waals surface area (Å²) in [5, 5.41) is 14.6. The quantitative estimate of drug-likeness (QED) is 0.825. The number of pyridine rings is 1. The molecule has 8 heteroatoms. The van der Waals surface area contributed by atoms with Gasteiger partial charge in [-0.05, 0) is 37.8 Å². The zero-order valence-electron chi connectivity index (χ0n) is 15.9. The number of aromatic nitrogens is 4. The first-order valence-corrected chi connectivity index (χ1v) is 9.38. The molecule has 0 aromatic carbocycles. The molecule has 4 unspecified atom stereocenters. The maximum absolute atomic E-state index is 14.7. The largest absolute Gasteiger partial charge is 0.372 e. The highest BCUT2D eigenvalue weighted by molar-refractivity contribution is 5.64. The molecule has 1 saturated heterocycles. The molecule has 2 aliphatic rings. The summed E-state index contributed by atoms with van der Waals surface area (Å²) in [7, 11) is 3.83. The van der Waals surface area contributed by atoms with Crippen molar-refractivity contribution in [2.24, 2.45) is 24.0 Å². The van der Waals surface area contributed by atoms with Crippen molar-refractivity contribution in [1.82, 2.24) is 25.0 Å². The average Bonchev–Trinajstić information content (AvgIpc) is 3.22. The van der Waals surface area contributed by atoms with Crippen LogP contribution in [0.2, 0.25) is 0 Å². The molecule has 2 aromatic rings. The maximum atomic E-state index is 14.7. The van der Waals surface area contributed by atoms with E-state index in [-0.39, 0.29) is 29.7 Å². The molecule has 0 spiro atoms. The van der Waals surface area contributed by atoms with Gasteiger partial charge in [0.15, 0.2) is 0 Å². The van der Waals surface area contributed by atoms with Crippen LogP contribution < -0.4 is 0 Å². The van der Waals surface area contributed by atoms with Gasteiger partial charge in [0, 0.05) is 51.5 Å². The minimum Gasteiger partial charge on any atom is -0.372 e. The number of rotatable bonds is 4. The van der Waals surface area contributed by atoms with E-state index in [0.717, 1.165) is 30.8 Å². The SMILES string of the molecule is Cc1nnn(C)c1C1CC(C(c2ncccc2F)C2C=NN(C)C2)CCO1. The predicted octanol–water partition coefficient (Wildman–Crippen LogP) is 2.46. The smallest absolute Gasteiger partial charge is 0.145 e. The van der Waals surface area contributed by atoms with Gasteiger partial charge in [-0.1, -0.05) is 5.21 Å². The fraction of sp³-hybridized carbons (Fsp3) is 0.579. The van der Waals surface area contributed by atoms with Gasteiger partial charge >= 0.3 is 0 Å². The van der Waals surface area contributed by atoms with Crippen LogP contribution in [0.3, 0.4) is 0 Å². The minimum absolute atomic E-state index is 0.0345. The normalized spacial score (nSPS) is 26.5. The third-order valence-corrected chi connectivity index (χ3v) is 5.68. The van der Waals surface area contributed by atoms with Crippen LogP contribution in [-0.2, 0) is 11.8 Å².